The monoisotopic (exact) mass is 269 g/mol. The summed E-state index contributed by atoms with van der Waals surface area (Å²) in [6.45, 7) is 6.03. The molecule has 1 amide bonds. The van der Waals surface area contributed by atoms with Crippen molar-refractivity contribution in [2.45, 2.75) is 25.9 Å². The molecule has 0 spiro atoms. The summed E-state index contributed by atoms with van der Waals surface area (Å²) in [4.78, 5) is 15.9. The van der Waals surface area contributed by atoms with Crippen LogP contribution in [-0.2, 0) is 0 Å². The molecule has 0 aliphatic carbocycles. The van der Waals surface area contributed by atoms with Crippen LogP contribution in [0.4, 0.5) is 10.8 Å². The number of aromatic nitrogens is 1. The van der Waals surface area contributed by atoms with Crippen LogP contribution in [-0.4, -0.2) is 47.4 Å². The van der Waals surface area contributed by atoms with Gasteiger partial charge in [0.15, 0.2) is 5.82 Å². The zero-order chi connectivity index (χ0) is 13.4. The molecular weight excluding hydrogens is 250 g/mol. The highest BCUT2D eigenvalue weighted by Gasteiger charge is 2.30. The minimum absolute atomic E-state index is 0.238. The summed E-state index contributed by atoms with van der Waals surface area (Å²) >= 11 is 1.25. The molecule has 1 aliphatic heterocycles. The molecule has 4 N–H and O–H groups in total. The van der Waals surface area contributed by atoms with Gasteiger partial charge in [-0.2, -0.15) is 4.37 Å². The van der Waals surface area contributed by atoms with Gasteiger partial charge in [0.05, 0.1) is 0 Å². The maximum Gasteiger partial charge on any atom is 0.255 e. The highest BCUT2D eigenvalue weighted by Crippen LogP contribution is 2.32. The summed E-state index contributed by atoms with van der Waals surface area (Å²) in [7, 11) is 2.11. The number of hydrogen-bond donors (Lipinski definition) is 2. The molecule has 7 heteroatoms. The Labute approximate surface area is 111 Å². The van der Waals surface area contributed by atoms with Gasteiger partial charge in [0.2, 0.25) is 0 Å². The Bertz CT molecular complexity index is 448. The van der Waals surface area contributed by atoms with Gasteiger partial charge in [0.1, 0.15) is 10.6 Å². The van der Waals surface area contributed by atoms with Crippen molar-refractivity contribution in [2.24, 2.45) is 5.73 Å². The summed E-state index contributed by atoms with van der Waals surface area (Å²) in [5, 5.41) is 0.798. The fourth-order valence-corrected chi connectivity index (χ4v) is 3.15. The Morgan fingerprint density at radius 3 is 2.44 bits per heavy atom. The SMILES string of the molecule is CC1CN(c2snc(N)c2C(N)=O)CC(C)N1C. The third kappa shape index (κ3) is 2.15. The summed E-state index contributed by atoms with van der Waals surface area (Å²) in [6.07, 6.45) is 0. The van der Waals surface area contributed by atoms with E-state index < -0.39 is 5.91 Å². The Hall–Kier alpha value is -1.34. The fraction of sp³-hybridized carbons (Fsp3) is 0.636. The molecule has 0 radical (unpaired) electrons. The van der Waals surface area contributed by atoms with E-state index in [1.54, 1.807) is 0 Å². The van der Waals surface area contributed by atoms with Crippen LogP contribution in [0.2, 0.25) is 0 Å². The lowest BCUT2D eigenvalue weighted by molar-refractivity contribution is 0.100. The minimum Gasteiger partial charge on any atom is -0.382 e. The average Bonchev–Trinajstić information content (AvgIpc) is 2.67. The molecule has 1 saturated heterocycles. The molecule has 100 valence electrons. The van der Waals surface area contributed by atoms with Crippen LogP contribution in [0.15, 0.2) is 0 Å². The lowest BCUT2D eigenvalue weighted by Gasteiger charge is -2.42. The number of primary amides is 1. The number of nitrogens with zero attached hydrogens (tertiary/aromatic N) is 3. The second-order valence-corrected chi connectivity index (χ2v) is 5.63. The molecule has 0 saturated carbocycles. The van der Waals surface area contributed by atoms with Crippen LogP contribution in [0.3, 0.4) is 0 Å². The molecule has 1 fully saturated rings. The van der Waals surface area contributed by atoms with Crippen LogP contribution in [0.5, 0.6) is 0 Å². The average molecular weight is 269 g/mol. The first kappa shape index (κ1) is 13.1. The molecule has 2 heterocycles. The number of piperazine rings is 1. The molecule has 0 aromatic carbocycles. The maximum atomic E-state index is 11.4. The van der Waals surface area contributed by atoms with Gasteiger partial charge >= 0.3 is 0 Å². The number of hydrogen-bond acceptors (Lipinski definition) is 6. The van der Waals surface area contributed by atoms with E-state index in [-0.39, 0.29) is 5.82 Å². The summed E-state index contributed by atoms with van der Waals surface area (Å²) in [5.41, 5.74) is 11.4. The lowest BCUT2D eigenvalue weighted by atomic mass is 10.1. The third-order valence-corrected chi connectivity index (χ3v) is 4.52. The minimum atomic E-state index is -0.504. The van der Waals surface area contributed by atoms with Crippen molar-refractivity contribution < 1.29 is 4.79 Å². The Balaban J connectivity index is 2.30. The molecule has 18 heavy (non-hydrogen) atoms. The smallest absolute Gasteiger partial charge is 0.255 e. The van der Waals surface area contributed by atoms with Gasteiger partial charge in [-0.3, -0.25) is 9.69 Å². The lowest BCUT2D eigenvalue weighted by Crippen LogP contribution is -2.55. The molecule has 0 bridgehead atoms. The van der Waals surface area contributed by atoms with Gasteiger partial charge < -0.3 is 16.4 Å². The highest BCUT2D eigenvalue weighted by atomic mass is 32.1. The van der Waals surface area contributed by atoms with Gasteiger partial charge in [0, 0.05) is 25.2 Å². The Morgan fingerprint density at radius 2 is 1.94 bits per heavy atom. The Morgan fingerprint density at radius 1 is 1.39 bits per heavy atom. The first-order chi connectivity index (χ1) is 8.41. The summed E-state index contributed by atoms with van der Waals surface area (Å²) < 4.78 is 4.05. The second-order valence-electron chi connectivity index (χ2n) is 4.88. The number of carbonyl (C=O) groups is 1. The van der Waals surface area contributed by atoms with Crippen molar-refractivity contribution in [3.8, 4) is 0 Å². The van der Waals surface area contributed by atoms with E-state index >= 15 is 0 Å². The number of anilines is 2. The highest BCUT2D eigenvalue weighted by molar-refractivity contribution is 7.11. The normalized spacial score (nSPS) is 25.4. The van der Waals surface area contributed by atoms with E-state index in [0.717, 1.165) is 18.1 Å². The van der Waals surface area contributed by atoms with Gasteiger partial charge in [-0.25, -0.2) is 0 Å². The van der Waals surface area contributed by atoms with Gasteiger partial charge in [-0.15, -0.1) is 0 Å². The van der Waals surface area contributed by atoms with Crippen molar-refractivity contribution >= 4 is 28.3 Å². The quantitative estimate of drug-likeness (QED) is 0.809. The number of nitrogen functional groups attached to an aromatic ring is 1. The first-order valence-electron chi connectivity index (χ1n) is 5.93. The molecule has 1 aromatic rings. The fourth-order valence-electron chi connectivity index (χ4n) is 2.31. The second kappa shape index (κ2) is 4.74. The van der Waals surface area contributed by atoms with Crippen molar-refractivity contribution in [1.29, 1.82) is 0 Å². The van der Waals surface area contributed by atoms with Crippen LogP contribution >= 0.6 is 11.5 Å². The standard InChI is InChI=1S/C11H19N5OS/c1-6-4-16(5-7(2)15(6)3)11-8(10(13)17)9(12)14-18-11/h6-7H,4-5H2,1-3H3,(H2,12,14)(H2,13,17). The predicted octanol–water partition coefficient (Wildman–Crippen LogP) is 0.353. The van der Waals surface area contributed by atoms with Crippen molar-refractivity contribution in [1.82, 2.24) is 9.27 Å². The number of likely N-dealkylation sites (N-methyl/N-ethyl adjacent to an activating group) is 1. The molecule has 2 rings (SSSR count). The van der Waals surface area contributed by atoms with Crippen LogP contribution in [0.1, 0.15) is 24.2 Å². The molecule has 2 atom stereocenters. The zero-order valence-electron chi connectivity index (χ0n) is 10.9. The molecule has 6 nitrogen and oxygen atoms in total. The predicted molar refractivity (Wildman–Crippen MR) is 73.9 cm³/mol. The largest absolute Gasteiger partial charge is 0.382 e. The van der Waals surface area contributed by atoms with Crippen molar-refractivity contribution in [3.63, 3.8) is 0 Å². The number of rotatable bonds is 2. The van der Waals surface area contributed by atoms with Gasteiger partial charge in [0.25, 0.3) is 5.91 Å². The van der Waals surface area contributed by atoms with Gasteiger partial charge in [-0.1, -0.05) is 0 Å². The van der Waals surface area contributed by atoms with Crippen LogP contribution in [0, 0.1) is 0 Å². The Kier molecular flexibility index (Phi) is 3.45. The van der Waals surface area contributed by atoms with Crippen molar-refractivity contribution in [3.05, 3.63) is 5.56 Å². The first-order valence-corrected chi connectivity index (χ1v) is 6.71. The van der Waals surface area contributed by atoms with Gasteiger partial charge in [-0.05, 0) is 32.4 Å². The van der Waals surface area contributed by atoms with E-state index in [1.165, 1.54) is 11.5 Å². The zero-order valence-corrected chi connectivity index (χ0v) is 11.7. The summed E-state index contributed by atoms with van der Waals surface area (Å²) in [5.74, 6) is -0.266. The molecular formula is C11H19N5OS. The van der Waals surface area contributed by atoms with E-state index in [0.29, 0.717) is 17.6 Å². The topological polar surface area (TPSA) is 88.5 Å². The maximum absolute atomic E-state index is 11.4. The van der Waals surface area contributed by atoms with E-state index in [1.807, 2.05) is 0 Å². The molecule has 2 unspecified atom stereocenters. The molecule has 1 aliphatic rings. The summed E-state index contributed by atoms with van der Waals surface area (Å²) in [6, 6.07) is 0.829. The number of nitrogens with two attached hydrogens (primary N) is 2. The third-order valence-electron chi connectivity index (χ3n) is 3.59. The van der Waals surface area contributed by atoms with Crippen LogP contribution < -0.4 is 16.4 Å². The molecule has 1 aromatic heterocycles. The van der Waals surface area contributed by atoms with E-state index in [4.69, 9.17) is 11.5 Å². The van der Waals surface area contributed by atoms with Crippen LogP contribution in [0.25, 0.3) is 0 Å². The number of amides is 1. The van der Waals surface area contributed by atoms with E-state index in [9.17, 15) is 4.79 Å². The van der Waals surface area contributed by atoms with E-state index in [2.05, 4.69) is 35.1 Å². The van der Waals surface area contributed by atoms with Crippen molar-refractivity contribution in [2.75, 3.05) is 30.8 Å². The number of carbonyl (C=O) groups excluding carboxylic acids is 1.